The molecule has 2 rings (SSSR count). The molecule has 0 aliphatic heterocycles. The summed E-state index contributed by atoms with van der Waals surface area (Å²) in [5, 5.41) is 12.6. The zero-order valence-corrected chi connectivity index (χ0v) is 12.6. The Morgan fingerprint density at radius 3 is 2.57 bits per heavy atom. The first kappa shape index (κ1) is 15.4. The average molecular weight is 304 g/mol. The van der Waals surface area contributed by atoms with Crippen molar-refractivity contribution in [2.75, 3.05) is 5.88 Å². The number of carbonyl (C=O) groups is 1. The van der Waals surface area contributed by atoms with Gasteiger partial charge in [-0.15, -0.1) is 11.6 Å². The van der Waals surface area contributed by atoms with Gasteiger partial charge >= 0.3 is 0 Å². The molecular weight excluding hydrogens is 286 g/mol. The average Bonchev–Trinajstić information content (AvgIpc) is 2.50. The highest BCUT2D eigenvalue weighted by Gasteiger charge is 2.14. The number of rotatable bonds is 5. The zero-order chi connectivity index (χ0) is 15.2. The van der Waals surface area contributed by atoms with E-state index in [1.54, 1.807) is 19.1 Å². The summed E-state index contributed by atoms with van der Waals surface area (Å²) in [6, 6.07) is 14.6. The lowest BCUT2D eigenvalue weighted by Crippen LogP contribution is -2.37. The first-order valence-corrected chi connectivity index (χ1v) is 7.34. The fourth-order valence-corrected chi connectivity index (χ4v) is 2.25. The van der Waals surface area contributed by atoms with E-state index in [0.29, 0.717) is 17.9 Å². The van der Waals surface area contributed by atoms with Crippen molar-refractivity contribution in [2.24, 2.45) is 0 Å². The van der Waals surface area contributed by atoms with Gasteiger partial charge in [-0.25, -0.2) is 0 Å². The monoisotopic (exact) mass is 303 g/mol. The van der Waals surface area contributed by atoms with Crippen LogP contribution in [0.15, 0.2) is 48.5 Å². The van der Waals surface area contributed by atoms with Crippen molar-refractivity contribution in [2.45, 2.75) is 19.4 Å². The van der Waals surface area contributed by atoms with E-state index in [1.165, 1.54) is 6.07 Å². The molecule has 0 saturated carbocycles. The van der Waals surface area contributed by atoms with Crippen LogP contribution in [0.4, 0.5) is 0 Å². The van der Waals surface area contributed by atoms with E-state index in [1.807, 2.05) is 30.3 Å². The van der Waals surface area contributed by atoms with Gasteiger partial charge in [-0.2, -0.15) is 0 Å². The Bertz CT molecular complexity index is 613. The lowest BCUT2D eigenvalue weighted by Gasteiger charge is -2.16. The van der Waals surface area contributed by atoms with Gasteiger partial charge in [0, 0.05) is 17.5 Å². The Morgan fingerprint density at radius 1 is 1.24 bits per heavy atom. The van der Waals surface area contributed by atoms with E-state index in [0.717, 1.165) is 11.1 Å². The third kappa shape index (κ3) is 4.23. The predicted molar refractivity (Wildman–Crippen MR) is 85.0 cm³/mol. The lowest BCUT2D eigenvalue weighted by molar-refractivity contribution is 0.0940. The third-order valence-corrected chi connectivity index (χ3v) is 3.69. The van der Waals surface area contributed by atoms with Crippen LogP contribution in [0.25, 0.3) is 0 Å². The van der Waals surface area contributed by atoms with Crippen LogP contribution in [0, 0.1) is 6.92 Å². The predicted octanol–water partition coefficient (Wildman–Crippen LogP) is 3.28. The number of phenolic OH excluding ortho intramolecular Hbond substituents is 1. The molecule has 1 amide bonds. The molecule has 21 heavy (non-hydrogen) atoms. The number of hydrogen-bond acceptors (Lipinski definition) is 2. The van der Waals surface area contributed by atoms with Crippen LogP contribution < -0.4 is 5.32 Å². The van der Waals surface area contributed by atoms with Crippen LogP contribution in [0.1, 0.15) is 21.5 Å². The van der Waals surface area contributed by atoms with E-state index in [-0.39, 0.29) is 17.7 Å². The molecule has 2 aromatic rings. The highest BCUT2D eigenvalue weighted by atomic mass is 35.5. The molecule has 0 aromatic heterocycles. The topological polar surface area (TPSA) is 49.3 Å². The molecule has 0 radical (unpaired) electrons. The molecule has 0 bridgehead atoms. The summed E-state index contributed by atoms with van der Waals surface area (Å²) < 4.78 is 0. The van der Waals surface area contributed by atoms with Gasteiger partial charge < -0.3 is 10.4 Å². The minimum absolute atomic E-state index is 0.119. The molecule has 3 nitrogen and oxygen atoms in total. The third-order valence-electron chi connectivity index (χ3n) is 3.32. The Kier molecular flexibility index (Phi) is 5.23. The number of aromatic hydroxyl groups is 1. The van der Waals surface area contributed by atoms with E-state index in [9.17, 15) is 9.90 Å². The first-order valence-electron chi connectivity index (χ1n) is 6.80. The molecule has 0 saturated heterocycles. The number of nitrogens with one attached hydrogen (secondary N) is 1. The Morgan fingerprint density at radius 2 is 1.95 bits per heavy atom. The number of phenols is 1. The summed E-state index contributed by atoms with van der Waals surface area (Å²) in [7, 11) is 0. The Labute approximate surface area is 129 Å². The molecular formula is C17H18ClNO2. The van der Waals surface area contributed by atoms with Crippen molar-refractivity contribution >= 4 is 17.5 Å². The van der Waals surface area contributed by atoms with Gasteiger partial charge in [0.25, 0.3) is 5.91 Å². The van der Waals surface area contributed by atoms with Crippen molar-refractivity contribution < 1.29 is 9.90 Å². The number of alkyl halides is 1. The van der Waals surface area contributed by atoms with Crippen molar-refractivity contribution in [3.63, 3.8) is 0 Å². The smallest absolute Gasteiger partial charge is 0.251 e. The van der Waals surface area contributed by atoms with Crippen LogP contribution in [0.3, 0.4) is 0 Å². The van der Waals surface area contributed by atoms with E-state index in [4.69, 9.17) is 11.6 Å². The van der Waals surface area contributed by atoms with E-state index >= 15 is 0 Å². The molecule has 0 aliphatic rings. The lowest BCUT2D eigenvalue weighted by atomic mass is 10.1. The second-order valence-corrected chi connectivity index (χ2v) is 5.32. The normalized spacial score (nSPS) is 11.9. The summed E-state index contributed by atoms with van der Waals surface area (Å²) >= 11 is 5.94. The van der Waals surface area contributed by atoms with E-state index in [2.05, 4.69) is 5.32 Å². The summed E-state index contributed by atoms with van der Waals surface area (Å²) in [6.45, 7) is 1.79. The van der Waals surface area contributed by atoms with E-state index < -0.39 is 0 Å². The molecule has 4 heteroatoms. The minimum atomic E-state index is -0.230. The molecule has 0 spiro atoms. The number of benzene rings is 2. The maximum Gasteiger partial charge on any atom is 0.251 e. The van der Waals surface area contributed by atoms with Gasteiger partial charge in [-0.3, -0.25) is 4.79 Å². The summed E-state index contributed by atoms with van der Waals surface area (Å²) in [5.74, 6) is 0.221. The van der Waals surface area contributed by atoms with Gasteiger partial charge in [0.05, 0.1) is 0 Å². The van der Waals surface area contributed by atoms with Crippen molar-refractivity contribution in [1.82, 2.24) is 5.32 Å². The molecule has 1 unspecified atom stereocenters. The quantitative estimate of drug-likeness (QED) is 0.833. The standard InChI is InChI=1S/C17H18ClNO2/c1-12-7-8-14(10-16(12)20)17(21)19-15(11-18)9-13-5-3-2-4-6-13/h2-8,10,15,20H,9,11H2,1H3,(H,19,21). The molecule has 110 valence electrons. The fourth-order valence-electron chi connectivity index (χ4n) is 2.06. The van der Waals surface area contributed by atoms with Crippen molar-refractivity contribution in [1.29, 1.82) is 0 Å². The molecule has 2 N–H and O–H groups in total. The van der Waals surface area contributed by atoms with Crippen LogP contribution in [0.2, 0.25) is 0 Å². The zero-order valence-electron chi connectivity index (χ0n) is 11.8. The fraction of sp³-hybridized carbons (Fsp3) is 0.235. The molecule has 0 fully saturated rings. The Hall–Kier alpha value is -2.00. The second kappa shape index (κ2) is 7.14. The number of amides is 1. The number of carbonyl (C=O) groups excluding carboxylic acids is 1. The summed E-state index contributed by atoms with van der Waals surface area (Å²) in [4.78, 5) is 12.2. The van der Waals surface area contributed by atoms with Crippen LogP contribution in [-0.4, -0.2) is 22.9 Å². The minimum Gasteiger partial charge on any atom is -0.508 e. The highest BCUT2D eigenvalue weighted by Crippen LogP contribution is 2.17. The van der Waals surface area contributed by atoms with Crippen molar-refractivity contribution in [3.05, 3.63) is 65.2 Å². The number of aryl methyl sites for hydroxylation is 1. The van der Waals surface area contributed by atoms with Crippen molar-refractivity contribution in [3.8, 4) is 5.75 Å². The summed E-state index contributed by atoms with van der Waals surface area (Å²) in [5.41, 5.74) is 2.29. The van der Waals surface area contributed by atoms with Gasteiger partial charge in [-0.05, 0) is 36.6 Å². The van der Waals surface area contributed by atoms with Crippen LogP contribution >= 0.6 is 11.6 Å². The molecule has 0 aliphatic carbocycles. The number of hydrogen-bond donors (Lipinski definition) is 2. The Balaban J connectivity index is 2.04. The van der Waals surface area contributed by atoms with Crippen LogP contribution in [-0.2, 0) is 6.42 Å². The SMILES string of the molecule is Cc1ccc(C(=O)NC(CCl)Cc2ccccc2)cc1O. The van der Waals surface area contributed by atoms with Gasteiger partial charge in [0.15, 0.2) is 0 Å². The van der Waals surface area contributed by atoms with Gasteiger partial charge in [0.2, 0.25) is 0 Å². The van der Waals surface area contributed by atoms with Crippen LogP contribution in [0.5, 0.6) is 5.75 Å². The van der Waals surface area contributed by atoms with Gasteiger partial charge in [-0.1, -0.05) is 36.4 Å². The molecule has 2 aromatic carbocycles. The molecule has 0 heterocycles. The first-order chi connectivity index (χ1) is 10.1. The van der Waals surface area contributed by atoms with Gasteiger partial charge in [0.1, 0.15) is 5.75 Å². The maximum atomic E-state index is 12.2. The second-order valence-electron chi connectivity index (χ2n) is 5.02. The number of halogens is 1. The summed E-state index contributed by atoms with van der Waals surface area (Å²) in [6.07, 6.45) is 0.675. The largest absolute Gasteiger partial charge is 0.508 e. The molecule has 1 atom stereocenters. The maximum absolute atomic E-state index is 12.2. The highest BCUT2D eigenvalue weighted by molar-refractivity contribution is 6.18.